The van der Waals surface area contributed by atoms with Gasteiger partial charge in [-0.1, -0.05) is 28.1 Å². The Balaban J connectivity index is 2.86. The van der Waals surface area contributed by atoms with Gasteiger partial charge in [-0.3, -0.25) is 0 Å². The third-order valence-corrected chi connectivity index (χ3v) is 2.77. The van der Waals surface area contributed by atoms with Crippen molar-refractivity contribution in [3.05, 3.63) is 40.9 Å². The van der Waals surface area contributed by atoms with E-state index in [0.717, 1.165) is 28.6 Å². The maximum atomic E-state index is 6.06. The first-order chi connectivity index (χ1) is 7.19. The maximum Gasteiger partial charge on any atom is 0.124 e. The molecule has 0 aliphatic rings. The van der Waals surface area contributed by atoms with Gasteiger partial charge >= 0.3 is 0 Å². The molecule has 0 aromatic heterocycles. The second kappa shape index (κ2) is 5.93. The van der Waals surface area contributed by atoms with Gasteiger partial charge in [0.2, 0.25) is 0 Å². The first kappa shape index (κ1) is 12.3. The van der Waals surface area contributed by atoms with Crippen molar-refractivity contribution in [3.63, 3.8) is 0 Å². The topological polar surface area (TPSA) is 35.2 Å². The molecule has 2 nitrogen and oxygen atoms in total. The first-order valence-electron chi connectivity index (χ1n) is 4.89. The molecule has 0 amide bonds. The number of nitrogens with two attached hydrogens (primary N) is 1. The van der Waals surface area contributed by atoms with E-state index < -0.39 is 0 Å². The lowest BCUT2D eigenvalue weighted by Gasteiger charge is -2.15. The summed E-state index contributed by atoms with van der Waals surface area (Å²) in [5.41, 5.74) is 7.11. The molecule has 0 aliphatic carbocycles. The van der Waals surface area contributed by atoms with E-state index >= 15 is 0 Å². The van der Waals surface area contributed by atoms with Crippen LogP contribution in [0.15, 0.2) is 35.3 Å². The van der Waals surface area contributed by atoms with Crippen LogP contribution in [0.4, 0.5) is 0 Å². The lowest BCUT2D eigenvalue weighted by atomic mass is 10.0. The van der Waals surface area contributed by atoms with Gasteiger partial charge < -0.3 is 10.5 Å². The summed E-state index contributed by atoms with van der Waals surface area (Å²) in [7, 11) is 1.66. The van der Waals surface area contributed by atoms with Crippen LogP contribution in [-0.2, 0) is 0 Å². The normalized spacial score (nSPS) is 12.2. The van der Waals surface area contributed by atoms with Crippen LogP contribution in [0.3, 0.4) is 0 Å². The van der Waals surface area contributed by atoms with Crippen LogP contribution in [0, 0.1) is 0 Å². The highest BCUT2D eigenvalue weighted by molar-refractivity contribution is 9.10. The molecule has 0 aliphatic heterocycles. The SMILES string of the molecule is C=CCC[C@H](N)c1ccc(Br)cc1OC. The van der Waals surface area contributed by atoms with Crippen molar-refractivity contribution in [1.82, 2.24) is 0 Å². The summed E-state index contributed by atoms with van der Waals surface area (Å²) in [6.45, 7) is 3.69. The molecular weight excluding hydrogens is 254 g/mol. The van der Waals surface area contributed by atoms with Gasteiger partial charge in [0.05, 0.1) is 7.11 Å². The van der Waals surface area contributed by atoms with Crippen LogP contribution in [0.25, 0.3) is 0 Å². The zero-order chi connectivity index (χ0) is 11.3. The van der Waals surface area contributed by atoms with Gasteiger partial charge in [0, 0.05) is 16.1 Å². The van der Waals surface area contributed by atoms with Gasteiger partial charge in [0.15, 0.2) is 0 Å². The fourth-order valence-corrected chi connectivity index (χ4v) is 1.78. The number of methoxy groups -OCH3 is 1. The Morgan fingerprint density at radius 3 is 2.93 bits per heavy atom. The van der Waals surface area contributed by atoms with Crippen LogP contribution in [0.2, 0.25) is 0 Å². The van der Waals surface area contributed by atoms with Crippen LogP contribution in [0.1, 0.15) is 24.4 Å². The molecule has 1 atom stereocenters. The Bertz CT molecular complexity index is 338. The van der Waals surface area contributed by atoms with Crippen molar-refractivity contribution in [3.8, 4) is 5.75 Å². The van der Waals surface area contributed by atoms with E-state index in [1.807, 2.05) is 24.3 Å². The van der Waals surface area contributed by atoms with Crippen molar-refractivity contribution < 1.29 is 4.74 Å². The van der Waals surface area contributed by atoms with Crippen molar-refractivity contribution in [2.24, 2.45) is 5.73 Å². The largest absolute Gasteiger partial charge is 0.496 e. The van der Waals surface area contributed by atoms with E-state index in [0.29, 0.717) is 0 Å². The summed E-state index contributed by atoms with van der Waals surface area (Å²) in [6.07, 6.45) is 3.69. The number of hydrogen-bond donors (Lipinski definition) is 1. The lowest BCUT2D eigenvalue weighted by molar-refractivity contribution is 0.404. The predicted octanol–water partition coefficient (Wildman–Crippen LogP) is 3.42. The minimum absolute atomic E-state index is 0.00560. The molecule has 1 rings (SSSR count). The quantitative estimate of drug-likeness (QED) is 0.832. The summed E-state index contributed by atoms with van der Waals surface area (Å²) < 4.78 is 6.29. The average molecular weight is 270 g/mol. The molecule has 1 aromatic carbocycles. The molecule has 1 aromatic rings. The Labute approximate surface area is 99.3 Å². The van der Waals surface area contributed by atoms with Crippen molar-refractivity contribution >= 4 is 15.9 Å². The number of rotatable bonds is 5. The zero-order valence-electron chi connectivity index (χ0n) is 8.87. The summed E-state index contributed by atoms with van der Waals surface area (Å²) in [4.78, 5) is 0. The van der Waals surface area contributed by atoms with Gasteiger partial charge in [0.25, 0.3) is 0 Å². The van der Waals surface area contributed by atoms with Crippen molar-refractivity contribution in [2.75, 3.05) is 7.11 Å². The molecule has 3 heteroatoms. The molecule has 15 heavy (non-hydrogen) atoms. The maximum absolute atomic E-state index is 6.06. The minimum Gasteiger partial charge on any atom is -0.496 e. The van der Waals surface area contributed by atoms with E-state index in [9.17, 15) is 0 Å². The average Bonchev–Trinajstić information content (AvgIpc) is 2.25. The molecule has 0 saturated heterocycles. The summed E-state index contributed by atoms with van der Waals surface area (Å²) in [5.74, 6) is 0.834. The minimum atomic E-state index is 0.00560. The molecule has 0 fully saturated rings. The number of allylic oxidation sites excluding steroid dienone is 1. The number of benzene rings is 1. The molecule has 2 N–H and O–H groups in total. The smallest absolute Gasteiger partial charge is 0.124 e. The van der Waals surface area contributed by atoms with Gasteiger partial charge in [0.1, 0.15) is 5.75 Å². The highest BCUT2D eigenvalue weighted by Crippen LogP contribution is 2.29. The van der Waals surface area contributed by atoms with Crippen LogP contribution in [0.5, 0.6) is 5.75 Å². The van der Waals surface area contributed by atoms with Gasteiger partial charge in [-0.05, 0) is 25.0 Å². The van der Waals surface area contributed by atoms with Crippen molar-refractivity contribution in [1.29, 1.82) is 0 Å². The lowest BCUT2D eigenvalue weighted by Crippen LogP contribution is -2.11. The zero-order valence-corrected chi connectivity index (χ0v) is 10.5. The Kier molecular flexibility index (Phi) is 4.85. The summed E-state index contributed by atoms with van der Waals surface area (Å²) in [5, 5.41) is 0. The molecule has 82 valence electrons. The second-order valence-electron chi connectivity index (χ2n) is 3.36. The molecule has 0 bridgehead atoms. The third-order valence-electron chi connectivity index (χ3n) is 2.28. The van der Waals surface area contributed by atoms with E-state index in [1.165, 1.54) is 0 Å². The Hall–Kier alpha value is -0.800. The van der Waals surface area contributed by atoms with Crippen molar-refractivity contribution in [2.45, 2.75) is 18.9 Å². The molecule has 0 unspecified atom stereocenters. The van der Waals surface area contributed by atoms with Gasteiger partial charge in [-0.15, -0.1) is 6.58 Å². The standard InChI is InChI=1S/C12H16BrNO/c1-3-4-5-11(14)10-7-6-9(13)8-12(10)15-2/h3,6-8,11H,1,4-5,14H2,2H3/t11-/m0/s1. The Morgan fingerprint density at radius 1 is 1.60 bits per heavy atom. The van der Waals surface area contributed by atoms with E-state index in [2.05, 4.69) is 22.5 Å². The number of halogens is 1. The van der Waals surface area contributed by atoms with E-state index in [-0.39, 0.29) is 6.04 Å². The van der Waals surface area contributed by atoms with Gasteiger partial charge in [-0.2, -0.15) is 0 Å². The summed E-state index contributed by atoms with van der Waals surface area (Å²) >= 11 is 3.40. The third kappa shape index (κ3) is 3.36. The van der Waals surface area contributed by atoms with E-state index in [1.54, 1.807) is 7.11 Å². The number of hydrogen-bond acceptors (Lipinski definition) is 2. The molecular formula is C12H16BrNO. The first-order valence-corrected chi connectivity index (χ1v) is 5.68. The van der Waals surface area contributed by atoms with Crippen LogP contribution < -0.4 is 10.5 Å². The molecule has 0 spiro atoms. The van der Waals surface area contributed by atoms with Crippen LogP contribution >= 0.6 is 15.9 Å². The summed E-state index contributed by atoms with van der Waals surface area (Å²) in [6, 6.07) is 5.91. The number of ether oxygens (including phenoxy) is 1. The highest BCUT2D eigenvalue weighted by atomic mass is 79.9. The van der Waals surface area contributed by atoms with Gasteiger partial charge in [-0.25, -0.2) is 0 Å². The monoisotopic (exact) mass is 269 g/mol. The molecule has 0 radical (unpaired) electrons. The van der Waals surface area contributed by atoms with Crippen LogP contribution in [-0.4, -0.2) is 7.11 Å². The Morgan fingerprint density at radius 2 is 2.33 bits per heavy atom. The highest BCUT2D eigenvalue weighted by Gasteiger charge is 2.11. The second-order valence-corrected chi connectivity index (χ2v) is 4.27. The fraction of sp³-hybridized carbons (Fsp3) is 0.333. The molecule has 0 heterocycles. The fourth-order valence-electron chi connectivity index (χ4n) is 1.44. The van der Waals surface area contributed by atoms with E-state index in [4.69, 9.17) is 10.5 Å². The predicted molar refractivity (Wildman–Crippen MR) is 67.1 cm³/mol. The molecule has 0 saturated carbocycles.